The molecule has 110 valence electrons. The Bertz CT molecular complexity index is 663. The number of rotatable bonds is 3. The van der Waals surface area contributed by atoms with Gasteiger partial charge in [0.25, 0.3) is 0 Å². The topological polar surface area (TPSA) is 52.5 Å². The molecule has 1 aliphatic rings. The van der Waals surface area contributed by atoms with Crippen molar-refractivity contribution in [2.75, 3.05) is 12.3 Å². The first-order valence-corrected chi connectivity index (χ1v) is 8.17. The van der Waals surface area contributed by atoms with Crippen LogP contribution in [0.25, 0.3) is 0 Å². The van der Waals surface area contributed by atoms with Gasteiger partial charge in [0.05, 0.1) is 5.02 Å². The number of aromatic hydroxyl groups is 2. The number of phenolic OH excluding ortho intramolecular Hbond substituents is 2. The van der Waals surface area contributed by atoms with E-state index in [0.29, 0.717) is 0 Å². The van der Waals surface area contributed by atoms with Crippen molar-refractivity contribution in [3.8, 4) is 11.5 Å². The fraction of sp³-hybridized carbons (Fsp3) is 0.250. The molecule has 0 amide bonds. The van der Waals surface area contributed by atoms with E-state index in [1.54, 1.807) is 23.9 Å². The molecule has 1 unspecified atom stereocenters. The van der Waals surface area contributed by atoms with Crippen LogP contribution in [0.2, 0.25) is 5.02 Å². The molecule has 1 heterocycles. The van der Waals surface area contributed by atoms with Crippen LogP contribution in [0.15, 0.2) is 41.3 Å². The highest BCUT2D eigenvalue weighted by Gasteiger charge is 2.22. The maximum Gasteiger partial charge on any atom is 0.157 e. The molecule has 2 aromatic carbocycles. The van der Waals surface area contributed by atoms with Gasteiger partial charge in [0, 0.05) is 16.7 Å². The third-order valence-electron chi connectivity index (χ3n) is 3.64. The number of fused-ring (bicyclic) bond motifs is 1. The van der Waals surface area contributed by atoms with Gasteiger partial charge >= 0.3 is 0 Å². The first-order valence-electron chi connectivity index (χ1n) is 6.80. The largest absolute Gasteiger partial charge is 0.504 e. The fourth-order valence-corrected chi connectivity index (χ4v) is 3.88. The van der Waals surface area contributed by atoms with Crippen molar-refractivity contribution >= 4 is 23.4 Å². The van der Waals surface area contributed by atoms with E-state index in [0.717, 1.165) is 39.8 Å². The Labute approximate surface area is 133 Å². The third-order valence-corrected chi connectivity index (χ3v) is 5.25. The standard InChI is InChI=1S/C16H16ClNO2S/c17-12-3-1-2-4-16(12)21-9-13-11-8-15(20)14(19)7-10(11)5-6-18-13/h1-4,7-8,13,18-20H,5-6,9H2. The zero-order valence-electron chi connectivity index (χ0n) is 11.3. The van der Waals surface area contributed by atoms with Crippen LogP contribution in [0.1, 0.15) is 17.2 Å². The van der Waals surface area contributed by atoms with Gasteiger partial charge in [0.15, 0.2) is 11.5 Å². The van der Waals surface area contributed by atoms with Crippen LogP contribution >= 0.6 is 23.4 Å². The van der Waals surface area contributed by atoms with Gasteiger partial charge in [-0.3, -0.25) is 0 Å². The first kappa shape index (κ1) is 14.6. The summed E-state index contributed by atoms with van der Waals surface area (Å²) in [5.41, 5.74) is 2.14. The lowest BCUT2D eigenvalue weighted by molar-refractivity contribution is 0.400. The van der Waals surface area contributed by atoms with Crippen LogP contribution in [-0.2, 0) is 6.42 Å². The summed E-state index contributed by atoms with van der Waals surface area (Å²) in [4.78, 5) is 1.05. The Kier molecular flexibility index (Phi) is 4.29. The molecule has 3 nitrogen and oxygen atoms in total. The second-order valence-corrected chi connectivity index (χ2v) is 6.51. The number of phenols is 2. The maximum absolute atomic E-state index is 9.72. The molecule has 0 radical (unpaired) electrons. The van der Waals surface area contributed by atoms with Gasteiger partial charge < -0.3 is 15.5 Å². The number of nitrogens with one attached hydrogen (secondary N) is 1. The Morgan fingerprint density at radius 3 is 2.76 bits per heavy atom. The molecular formula is C16H16ClNO2S. The van der Waals surface area contributed by atoms with Crippen molar-refractivity contribution in [1.29, 1.82) is 0 Å². The van der Waals surface area contributed by atoms with Crippen molar-refractivity contribution in [3.05, 3.63) is 52.5 Å². The van der Waals surface area contributed by atoms with E-state index in [4.69, 9.17) is 11.6 Å². The minimum atomic E-state index is -0.0646. The smallest absolute Gasteiger partial charge is 0.157 e. The predicted octanol–water partition coefficient (Wildman–Crippen LogP) is 3.73. The Balaban J connectivity index is 1.79. The number of hydrogen-bond acceptors (Lipinski definition) is 4. The second-order valence-electron chi connectivity index (χ2n) is 5.04. The lowest BCUT2D eigenvalue weighted by Gasteiger charge is -2.27. The molecule has 0 aromatic heterocycles. The van der Waals surface area contributed by atoms with Gasteiger partial charge in [-0.25, -0.2) is 0 Å². The van der Waals surface area contributed by atoms with Gasteiger partial charge in [0.2, 0.25) is 0 Å². The van der Waals surface area contributed by atoms with Crippen molar-refractivity contribution in [3.63, 3.8) is 0 Å². The monoisotopic (exact) mass is 321 g/mol. The summed E-state index contributed by atoms with van der Waals surface area (Å²) in [5, 5.41) is 23.5. The summed E-state index contributed by atoms with van der Waals surface area (Å²) >= 11 is 7.86. The number of hydrogen-bond donors (Lipinski definition) is 3. The zero-order valence-corrected chi connectivity index (χ0v) is 12.9. The van der Waals surface area contributed by atoms with Crippen molar-refractivity contribution < 1.29 is 10.2 Å². The highest BCUT2D eigenvalue weighted by molar-refractivity contribution is 7.99. The van der Waals surface area contributed by atoms with Crippen LogP contribution in [0, 0.1) is 0 Å². The molecule has 2 aromatic rings. The molecule has 1 atom stereocenters. The normalized spacial score (nSPS) is 17.5. The van der Waals surface area contributed by atoms with Crippen LogP contribution in [-0.4, -0.2) is 22.5 Å². The van der Waals surface area contributed by atoms with Crippen molar-refractivity contribution in [1.82, 2.24) is 5.32 Å². The van der Waals surface area contributed by atoms with E-state index in [9.17, 15) is 10.2 Å². The lowest BCUT2D eigenvalue weighted by Crippen LogP contribution is -2.31. The highest BCUT2D eigenvalue weighted by Crippen LogP contribution is 2.36. The Hall–Kier alpha value is -1.36. The Morgan fingerprint density at radius 2 is 1.95 bits per heavy atom. The Morgan fingerprint density at radius 1 is 1.19 bits per heavy atom. The van der Waals surface area contributed by atoms with E-state index in [-0.39, 0.29) is 17.5 Å². The number of halogens is 1. The van der Waals surface area contributed by atoms with Crippen LogP contribution in [0.5, 0.6) is 11.5 Å². The van der Waals surface area contributed by atoms with E-state index >= 15 is 0 Å². The van der Waals surface area contributed by atoms with Crippen molar-refractivity contribution in [2.24, 2.45) is 0 Å². The summed E-state index contributed by atoms with van der Waals surface area (Å²) in [7, 11) is 0. The molecule has 21 heavy (non-hydrogen) atoms. The summed E-state index contributed by atoms with van der Waals surface area (Å²) < 4.78 is 0. The molecule has 0 fully saturated rings. The number of thioether (sulfide) groups is 1. The quantitative estimate of drug-likeness (QED) is 0.595. The lowest BCUT2D eigenvalue weighted by atomic mass is 9.94. The predicted molar refractivity (Wildman–Crippen MR) is 86.4 cm³/mol. The number of benzene rings is 2. The van der Waals surface area contributed by atoms with Gasteiger partial charge in [-0.2, -0.15) is 0 Å². The molecule has 0 bridgehead atoms. The molecule has 0 spiro atoms. The average Bonchev–Trinajstić information content (AvgIpc) is 2.48. The SMILES string of the molecule is Oc1cc2c(cc1O)C(CSc1ccccc1Cl)NCC2. The summed E-state index contributed by atoms with van der Waals surface area (Å²) in [6.07, 6.45) is 0.858. The highest BCUT2D eigenvalue weighted by atomic mass is 35.5. The van der Waals surface area contributed by atoms with Crippen molar-refractivity contribution in [2.45, 2.75) is 17.4 Å². The molecule has 5 heteroatoms. The van der Waals surface area contributed by atoms with E-state index < -0.39 is 0 Å². The minimum Gasteiger partial charge on any atom is -0.504 e. The summed E-state index contributed by atoms with van der Waals surface area (Å²) in [6, 6.07) is 11.2. The fourth-order valence-electron chi connectivity index (χ4n) is 2.55. The van der Waals surface area contributed by atoms with Crippen LogP contribution < -0.4 is 5.32 Å². The summed E-state index contributed by atoms with van der Waals surface area (Å²) in [5.74, 6) is 0.708. The van der Waals surface area contributed by atoms with Gasteiger partial charge in [0.1, 0.15) is 0 Å². The molecule has 0 aliphatic carbocycles. The van der Waals surface area contributed by atoms with Crippen LogP contribution in [0.3, 0.4) is 0 Å². The molecular weight excluding hydrogens is 306 g/mol. The summed E-state index contributed by atoms with van der Waals surface area (Å²) in [6.45, 7) is 0.866. The van der Waals surface area contributed by atoms with Crippen LogP contribution in [0.4, 0.5) is 0 Å². The van der Waals surface area contributed by atoms with Gasteiger partial charge in [-0.15, -0.1) is 11.8 Å². The zero-order chi connectivity index (χ0) is 14.8. The second kappa shape index (κ2) is 6.18. The van der Waals surface area contributed by atoms with E-state index in [1.807, 2.05) is 24.3 Å². The molecule has 3 N–H and O–H groups in total. The first-order chi connectivity index (χ1) is 10.1. The van der Waals surface area contributed by atoms with Gasteiger partial charge in [-0.05, 0) is 48.4 Å². The van der Waals surface area contributed by atoms with E-state index in [1.165, 1.54) is 0 Å². The maximum atomic E-state index is 9.72. The average molecular weight is 322 g/mol. The molecule has 0 saturated carbocycles. The third kappa shape index (κ3) is 3.12. The van der Waals surface area contributed by atoms with E-state index in [2.05, 4.69) is 5.32 Å². The molecule has 0 saturated heterocycles. The van der Waals surface area contributed by atoms with Gasteiger partial charge in [-0.1, -0.05) is 23.7 Å². The molecule has 3 rings (SSSR count). The minimum absolute atomic E-state index is 0.0480. The molecule has 1 aliphatic heterocycles.